The quantitative estimate of drug-likeness (QED) is 0.458. The van der Waals surface area contributed by atoms with Gasteiger partial charge in [0.1, 0.15) is 0 Å². The van der Waals surface area contributed by atoms with Gasteiger partial charge in [0.15, 0.2) is 13.1 Å². The number of carbonyl (C=O) groups excluding carboxylic acids is 2. The minimum atomic E-state index is -0.481. The smallest absolute Gasteiger partial charge is 0.279 e. The van der Waals surface area contributed by atoms with E-state index in [4.69, 9.17) is 0 Å². The van der Waals surface area contributed by atoms with Crippen LogP contribution in [0.2, 0.25) is 0 Å². The maximum Gasteiger partial charge on any atom is 0.279 e. The molecule has 0 radical (unpaired) electrons. The van der Waals surface area contributed by atoms with Gasteiger partial charge in [0, 0.05) is 24.4 Å². The van der Waals surface area contributed by atoms with E-state index in [1.807, 2.05) is 6.92 Å². The number of amides is 2. The summed E-state index contributed by atoms with van der Waals surface area (Å²) >= 11 is 0. The molecular formula is C15H23N4O4+. The average Bonchev–Trinajstić information content (AvgIpc) is 2.46. The van der Waals surface area contributed by atoms with Crippen molar-refractivity contribution >= 4 is 23.2 Å². The van der Waals surface area contributed by atoms with Crippen LogP contribution in [0.25, 0.3) is 0 Å². The number of nitrogens with zero attached hydrogens (tertiary/aromatic N) is 1. The summed E-state index contributed by atoms with van der Waals surface area (Å²) in [6, 6.07) is 4.26. The van der Waals surface area contributed by atoms with E-state index in [9.17, 15) is 19.7 Å². The van der Waals surface area contributed by atoms with Gasteiger partial charge in [-0.25, -0.2) is 0 Å². The summed E-state index contributed by atoms with van der Waals surface area (Å²) in [6.07, 6.45) is 0.866. The zero-order valence-electron chi connectivity index (χ0n) is 13.6. The molecule has 0 aliphatic carbocycles. The second kappa shape index (κ2) is 8.84. The molecule has 0 aliphatic rings. The molecule has 1 atom stereocenters. The highest BCUT2D eigenvalue weighted by Crippen LogP contribution is 2.20. The van der Waals surface area contributed by atoms with E-state index in [2.05, 4.69) is 10.6 Å². The van der Waals surface area contributed by atoms with Gasteiger partial charge >= 0.3 is 0 Å². The van der Waals surface area contributed by atoms with E-state index < -0.39 is 4.92 Å². The molecule has 0 fully saturated rings. The van der Waals surface area contributed by atoms with Crippen molar-refractivity contribution in [2.45, 2.75) is 20.3 Å². The van der Waals surface area contributed by atoms with E-state index in [0.717, 1.165) is 11.3 Å². The molecule has 126 valence electrons. The Hall–Kier alpha value is -2.48. The van der Waals surface area contributed by atoms with Crippen molar-refractivity contribution in [1.82, 2.24) is 5.32 Å². The number of aryl methyl sites for hydroxylation is 1. The molecule has 1 aromatic rings. The van der Waals surface area contributed by atoms with Gasteiger partial charge in [-0.3, -0.25) is 19.7 Å². The van der Waals surface area contributed by atoms with Crippen LogP contribution in [-0.4, -0.2) is 43.4 Å². The number of nitro benzene ring substituents is 1. The van der Waals surface area contributed by atoms with Crippen LogP contribution in [0.5, 0.6) is 0 Å². The first-order valence-electron chi connectivity index (χ1n) is 7.46. The lowest BCUT2D eigenvalue weighted by atomic mass is 10.2. The van der Waals surface area contributed by atoms with E-state index >= 15 is 0 Å². The zero-order chi connectivity index (χ0) is 17.4. The van der Waals surface area contributed by atoms with Gasteiger partial charge in [-0.15, -0.1) is 0 Å². The third-order valence-electron chi connectivity index (χ3n) is 3.19. The lowest BCUT2D eigenvalue weighted by Crippen LogP contribution is -3.11. The molecular weight excluding hydrogens is 300 g/mol. The van der Waals surface area contributed by atoms with Crippen LogP contribution in [0.3, 0.4) is 0 Å². The summed E-state index contributed by atoms with van der Waals surface area (Å²) in [6.45, 7) is 4.64. The van der Waals surface area contributed by atoms with Crippen LogP contribution in [-0.2, 0) is 9.59 Å². The van der Waals surface area contributed by atoms with Crippen molar-refractivity contribution in [3.8, 4) is 0 Å². The maximum atomic E-state index is 12.0. The number of quaternary nitrogens is 1. The first kappa shape index (κ1) is 18.6. The number of hydrogen-bond acceptors (Lipinski definition) is 4. The number of hydrogen-bond donors (Lipinski definition) is 3. The van der Waals surface area contributed by atoms with Crippen molar-refractivity contribution in [3.05, 3.63) is 33.9 Å². The van der Waals surface area contributed by atoms with Gasteiger partial charge in [0.2, 0.25) is 0 Å². The Morgan fingerprint density at radius 2 is 1.91 bits per heavy atom. The Morgan fingerprint density at radius 3 is 2.48 bits per heavy atom. The summed E-state index contributed by atoms with van der Waals surface area (Å²) in [5.41, 5.74) is 1.13. The third kappa shape index (κ3) is 6.43. The van der Waals surface area contributed by atoms with Crippen molar-refractivity contribution in [2.75, 3.05) is 32.0 Å². The highest BCUT2D eigenvalue weighted by molar-refractivity contribution is 5.92. The second-order valence-corrected chi connectivity index (χ2v) is 5.47. The molecule has 0 bridgehead atoms. The normalized spacial score (nSPS) is 11.6. The summed E-state index contributed by atoms with van der Waals surface area (Å²) < 4.78 is 0. The third-order valence-corrected chi connectivity index (χ3v) is 3.19. The summed E-state index contributed by atoms with van der Waals surface area (Å²) in [4.78, 5) is 34.5. The van der Waals surface area contributed by atoms with Crippen molar-refractivity contribution in [2.24, 2.45) is 0 Å². The maximum absolute atomic E-state index is 12.0. The Balaban J connectivity index is 2.53. The molecule has 0 aromatic heterocycles. The van der Waals surface area contributed by atoms with Crippen LogP contribution in [0.1, 0.15) is 18.9 Å². The van der Waals surface area contributed by atoms with E-state index in [-0.39, 0.29) is 30.6 Å². The minimum absolute atomic E-state index is 0.0177. The second-order valence-electron chi connectivity index (χ2n) is 5.47. The first-order chi connectivity index (χ1) is 10.8. The molecule has 8 nitrogen and oxygen atoms in total. The number of nitro groups is 1. The number of nitrogens with one attached hydrogen (secondary N) is 3. The SMILES string of the molecule is CCCNC(=O)C[NH+](C)CC(=O)Nc1ccc([N+](=O)[O-])cc1C. The summed E-state index contributed by atoms with van der Waals surface area (Å²) in [5, 5.41) is 16.2. The number of benzene rings is 1. The van der Waals surface area contributed by atoms with Gasteiger partial charge in [-0.2, -0.15) is 0 Å². The molecule has 3 N–H and O–H groups in total. The molecule has 1 rings (SSSR count). The lowest BCUT2D eigenvalue weighted by molar-refractivity contribution is -0.862. The minimum Gasteiger partial charge on any atom is -0.351 e. The Bertz CT molecular complexity index is 589. The van der Waals surface area contributed by atoms with Crippen LogP contribution in [0, 0.1) is 17.0 Å². The fourth-order valence-corrected chi connectivity index (χ4v) is 2.03. The molecule has 0 heterocycles. The van der Waals surface area contributed by atoms with Crippen molar-refractivity contribution in [3.63, 3.8) is 0 Å². The summed E-state index contributed by atoms with van der Waals surface area (Å²) in [5.74, 6) is -0.341. The van der Waals surface area contributed by atoms with Crippen LogP contribution >= 0.6 is 0 Å². The number of likely N-dealkylation sites (N-methyl/N-ethyl adjacent to an activating group) is 1. The fourth-order valence-electron chi connectivity index (χ4n) is 2.03. The van der Waals surface area contributed by atoms with Crippen molar-refractivity contribution < 1.29 is 19.4 Å². The topological polar surface area (TPSA) is 106 Å². The lowest BCUT2D eigenvalue weighted by Gasteiger charge is -2.14. The first-order valence-corrected chi connectivity index (χ1v) is 7.46. The number of anilines is 1. The van der Waals surface area contributed by atoms with Gasteiger partial charge in [-0.1, -0.05) is 6.92 Å². The Morgan fingerprint density at radius 1 is 1.26 bits per heavy atom. The van der Waals surface area contributed by atoms with Crippen LogP contribution in [0.15, 0.2) is 18.2 Å². The molecule has 1 aromatic carbocycles. The molecule has 8 heteroatoms. The van der Waals surface area contributed by atoms with Gasteiger partial charge in [-0.05, 0) is 25.0 Å². The molecule has 2 amide bonds. The number of non-ortho nitro benzene ring substituents is 1. The van der Waals surface area contributed by atoms with Gasteiger partial charge in [0.25, 0.3) is 17.5 Å². The molecule has 1 unspecified atom stereocenters. The standard InChI is InChI=1S/C15H22N4O4/c1-4-7-16-14(20)9-18(3)10-15(21)17-13-6-5-12(19(22)23)8-11(13)2/h5-6,8H,4,7,9-10H2,1-3H3,(H,16,20)(H,17,21)/p+1. The molecule has 0 saturated carbocycles. The van der Waals surface area contributed by atoms with E-state index in [1.54, 1.807) is 14.0 Å². The van der Waals surface area contributed by atoms with Crippen LogP contribution < -0.4 is 15.5 Å². The molecule has 0 saturated heterocycles. The van der Waals surface area contributed by atoms with E-state index in [1.165, 1.54) is 18.2 Å². The largest absolute Gasteiger partial charge is 0.351 e. The number of carbonyl (C=O) groups is 2. The fraction of sp³-hybridized carbons (Fsp3) is 0.467. The predicted octanol–water partition coefficient (Wildman–Crippen LogP) is -0.117. The number of rotatable bonds is 8. The van der Waals surface area contributed by atoms with E-state index in [0.29, 0.717) is 17.8 Å². The predicted molar refractivity (Wildman–Crippen MR) is 86.4 cm³/mol. The Kier molecular flexibility index (Phi) is 7.14. The monoisotopic (exact) mass is 323 g/mol. The highest BCUT2D eigenvalue weighted by atomic mass is 16.6. The van der Waals surface area contributed by atoms with Gasteiger partial charge in [0.05, 0.1) is 12.0 Å². The summed E-state index contributed by atoms with van der Waals surface area (Å²) in [7, 11) is 1.76. The van der Waals surface area contributed by atoms with Crippen LogP contribution in [0.4, 0.5) is 11.4 Å². The average molecular weight is 323 g/mol. The Labute approximate surface area is 135 Å². The molecule has 0 aliphatic heterocycles. The van der Waals surface area contributed by atoms with Gasteiger partial charge < -0.3 is 15.5 Å². The highest BCUT2D eigenvalue weighted by Gasteiger charge is 2.15. The zero-order valence-corrected chi connectivity index (χ0v) is 13.6. The van der Waals surface area contributed by atoms with Crippen molar-refractivity contribution in [1.29, 1.82) is 0 Å². The molecule has 23 heavy (non-hydrogen) atoms. The molecule has 0 spiro atoms.